The number of nitrogens with one attached hydrogen (secondary N) is 1. The molecule has 0 aromatic heterocycles. The number of anilines is 1. The van der Waals surface area contributed by atoms with E-state index in [1.54, 1.807) is 24.3 Å². The Labute approximate surface area is 163 Å². The van der Waals surface area contributed by atoms with Gasteiger partial charge in [-0.1, -0.05) is 47.6 Å². The van der Waals surface area contributed by atoms with E-state index in [2.05, 4.69) is 4.72 Å². The molecule has 2 N–H and O–H groups in total. The smallest absolute Gasteiger partial charge is 0.261 e. The van der Waals surface area contributed by atoms with E-state index < -0.39 is 10.0 Å². The number of aryl methyl sites for hydroxylation is 2. The highest BCUT2D eigenvalue weighted by atomic mass is 32.2. The van der Waals surface area contributed by atoms with E-state index >= 15 is 0 Å². The second-order valence-electron chi connectivity index (χ2n) is 9.27. The molecule has 0 amide bonds. The molecular weight excluding hydrogens is 358 g/mol. The molecule has 0 bridgehead atoms. The van der Waals surface area contributed by atoms with Crippen molar-refractivity contribution < 1.29 is 13.5 Å². The first-order chi connectivity index (χ1) is 12.1. The van der Waals surface area contributed by atoms with Gasteiger partial charge < -0.3 is 5.11 Å². The van der Waals surface area contributed by atoms with E-state index in [4.69, 9.17) is 0 Å². The van der Waals surface area contributed by atoms with E-state index in [1.165, 1.54) is 0 Å². The van der Waals surface area contributed by atoms with Gasteiger partial charge in [-0.15, -0.1) is 0 Å². The summed E-state index contributed by atoms with van der Waals surface area (Å²) in [6, 6.07) is 8.54. The average Bonchev–Trinajstić information content (AvgIpc) is 2.49. The first-order valence-electron chi connectivity index (χ1n) is 9.11. The SMILES string of the molecule is Cc1ccc(S(=O)(=O)Nc2cc(C(C)(C)C)c(O)c(C(C)(C)C)c2)cc1C. The van der Waals surface area contributed by atoms with Gasteiger partial charge >= 0.3 is 0 Å². The van der Waals surface area contributed by atoms with Gasteiger partial charge in [0.05, 0.1) is 4.90 Å². The second kappa shape index (κ2) is 6.86. The molecule has 0 saturated heterocycles. The van der Waals surface area contributed by atoms with Crippen LogP contribution in [0, 0.1) is 13.8 Å². The maximum atomic E-state index is 12.9. The minimum absolute atomic E-state index is 0.226. The highest BCUT2D eigenvalue weighted by molar-refractivity contribution is 7.92. The third-order valence-corrected chi connectivity index (χ3v) is 6.15. The lowest BCUT2D eigenvalue weighted by Gasteiger charge is -2.28. The van der Waals surface area contributed by atoms with Crippen molar-refractivity contribution in [2.24, 2.45) is 0 Å². The van der Waals surface area contributed by atoms with E-state index in [0.717, 1.165) is 11.1 Å². The summed E-state index contributed by atoms with van der Waals surface area (Å²) < 4.78 is 28.5. The zero-order valence-electron chi connectivity index (χ0n) is 17.6. The molecule has 2 aromatic rings. The molecule has 0 radical (unpaired) electrons. The molecule has 148 valence electrons. The van der Waals surface area contributed by atoms with Crippen molar-refractivity contribution in [3.8, 4) is 5.75 Å². The van der Waals surface area contributed by atoms with Crippen molar-refractivity contribution in [2.75, 3.05) is 4.72 Å². The molecule has 4 nitrogen and oxygen atoms in total. The third kappa shape index (κ3) is 4.64. The fraction of sp³-hybridized carbons (Fsp3) is 0.455. The molecular formula is C22H31NO3S. The largest absolute Gasteiger partial charge is 0.507 e. The van der Waals surface area contributed by atoms with Crippen LogP contribution in [0.15, 0.2) is 35.2 Å². The summed E-state index contributed by atoms with van der Waals surface area (Å²) in [4.78, 5) is 0.230. The number of rotatable bonds is 3. The molecule has 0 aliphatic heterocycles. The number of hydrogen-bond acceptors (Lipinski definition) is 3. The Kier molecular flexibility index (Phi) is 5.41. The third-order valence-electron chi connectivity index (χ3n) is 4.77. The molecule has 0 unspecified atom stereocenters. The first kappa shape index (κ1) is 21.3. The fourth-order valence-corrected chi connectivity index (χ4v) is 4.06. The van der Waals surface area contributed by atoms with Crippen LogP contribution < -0.4 is 4.72 Å². The molecule has 2 rings (SSSR count). The van der Waals surface area contributed by atoms with Gasteiger partial charge in [-0.2, -0.15) is 0 Å². The van der Waals surface area contributed by atoms with E-state index in [9.17, 15) is 13.5 Å². The number of aromatic hydroxyl groups is 1. The molecule has 0 spiro atoms. The lowest BCUT2D eigenvalue weighted by Crippen LogP contribution is -2.19. The van der Waals surface area contributed by atoms with Gasteiger partial charge in [0.15, 0.2) is 0 Å². The molecule has 0 saturated carbocycles. The van der Waals surface area contributed by atoms with Crippen LogP contribution in [0.3, 0.4) is 0 Å². The topological polar surface area (TPSA) is 66.4 Å². The number of hydrogen-bond donors (Lipinski definition) is 2. The van der Waals surface area contributed by atoms with Gasteiger partial charge in [-0.3, -0.25) is 4.72 Å². The van der Waals surface area contributed by atoms with E-state index in [1.807, 2.05) is 61.5 Å². The van der Waals surface area contributed by atoms with Gasteiger partial charge in [0.25, 0.3) is 10.0 Å². The van der Waals surface area contributed by atoms with Gasteiger partial charge in [-0.25, -0.2) is 8.42 Å². The molecule has 0 aliphatic rings. The van der Waals surface area contributed by atoms with Gasteiger partial charge in [0, 0.05) is 16.8 Å². The van der Waals surface area contributed by atoms with Crippen molar-refractivity contribution >= 4 is 15.7 Å². The standard InChI is InChI=1S/C22H31NO3S/c1-14-9-10-17(11-15(14)2)27(25,26)23-16-12-18(21(3,4)5)20(24)19(13-16)22(6,7)8/h9-13,23-24H,1-8H3. The Balaban J connectivity index is 2.59. The van der Waals surface area contributed by atoms with Gasteiger partial charge in [0.2, 0.25) is 0 Å². The lowest BCUT2D eigenvalue weighted by atomic mass is 9.79. The van der Waals surface area contributed by atoms with Crippen LogP contribution in [0.2, 0.25) is 0 Å². The van der Waals surface area contributed by atoms with Crippen LogP contribution in [0.5, 0.6) is 5.75 Å². The van der Waals surface area contributed by atoms with Crippen LogP contribution in [0.25, 0.3) is 0 Å². The van der Waals surface area contributed by atoms with Crippen molar-refractivity contribution in [3.63, 3.8) is 0 Å². The summed E-state index contributed by atoms with van der Waals surface area (Å²) in [6.45, 7) is 15.8. The maximum Gasteiger partial charge on any atom is 0.261 e. The number of sulfonamides is 1. The Bertz CT molecular complexity index is 927. The van der Waals surface area contributed by atoms with E-state index in [-0.39, 0.29) is 21.5 Å². The molecule has 0 atom stereocenters. The number of phenolic OH excluding ortho intramolecular Hbond substituents is 1. The van der Waals surface area contributed by atoms with Gasteiger partial charge in [0.1, 0.15) is 5.75 Å². The highest BCUT2D eigenvalue weighted by Crippen LogP contribution is 2.41. The average molecular weight is 390 g/mol. The van der Waals surface area contributed by atoms with Crippen LogP contribution >= 0.6 is 0 Å². The Hall–Kier alpha value is -2.01. The molecule has 0 heterocycles. The summed E-state index contributed by atoms with van der Waals surface area (Å²) >= 11 is 0. The summed E-state index contributed by atoms with van der Waals surface area (Å²) in [5, 5.41) is 10.8. The van der Waals surface area contributed by atoms with Crippen LogP contribution in [0.4, 0.5) is 5.69 Å². The summed E-state index contributed by atoms with van der Waals surface area (Å²) in [5.41, 5.74) is 3.21. The van der Waals surface area contributed by atoms with Crippen LogP contribution in [0.1, 0.15) is 63.8 Å². The fourth-order valence-electron chi connectivity index (χ4n) is 2.93. The zero-order valence-corrected chi connectivity index (χ0v) is 18.4. The Morgan fingerprint density at radius 3 is 1.70 bits per heavy atom. The van der Waals surface area contributed by atoms with Crippen LogP contribution in [-0.2, 0) is 20.9 Å². The summed E-state index contributed by atoms with van der Waals surface area (Å²) in [6.07, 6.45) is 0. The van der Waals surface area contributed by atoms with Crippen molar-refractivity contribution in [1.29, 1.82) is 0 Å². The van der Waals surface area contributed by atoms with Gasteiger partial charge in [-0.05, 0) is 60.1 Å². The predicted molar refractivity (Wildman–Crippen MR) is 112 cm³/mol. The predicted octanol–water partition coefficient (Wildman–Crippen LogP) is 5.40. The molecule has 27 heavy (non-hydrogen) atoms. The Morgan fingerprint density at radius 1 is 0.815 bits per heavy atom. The first-order valence-corrected chi connectivity index (χ1v) is 10.6. The van der Waals surface area contributed by atoms with Crippen molar-refractivity contribution in [2.45, 2.75) is 71.1 Å². The normalized spacial score (nSPS) is 12.9. The Morgan fingerprint density at radius 2 is 1.30 bits per heavy atom. The number of benzene rings is 2. The minimum Gasteiger partial charge on any atom is -0.507 e. The highest BCUT2D eigenvalue weighted by Gasteiger charge is 2.27. The molecule has 0 aliphatic carbocycles. The number of phenols is 1. The van der Waals surface area contributed by atoms with Crippen LogP contribution in [-0.4, -0.2) is 13.5 Å². The summed E-state index contributed by atoms with van der Waals surface area (Å²) in [7, 11) is -3.72. The minimum atomic E-state index is -3.72. The quantitative estimate of drug-likeness (QED) is 0.690. The van der Waals surface area contributed by atoms with E-state index in [0.29, 0.717) is 16.8 Å². The monoisotopic (exact) mass is 389 g/mol. The summed E-state index contributed by atoms with van der Waals surface area (Å²) in [5.74, 6) is 0.226. The molecule has 5 heteroatoms. The lowest BCUT2D eigenvalue weighted by molar-refractivity contribution is 0.423. The molecule has 2 aromatic carbocycles. The van der Waals surface area contributed by atoms with Crippen molar-refractivity contribution in [1.82, 2.24) is 0 Å². The second-order valence-corrected chi connectivity index (χ2v) is 11.0. The zero-order chi connectivity index (χ0) is 20.8. The maximum absolute atomic E-state index is 12.9. The molecule has 0 fully saturated rings. The van der Waals surface area contributed by atoms with Crippen molar-refractivity contribution in [3.05, 3.63) is 52.6 Å².